The van der Waals surface area contributed by atoms with E-state index in [1.807, 2.05) is 0 Å². The van der Waals surface area contributed by atoms with Gasteiger partial charge in [0.15, 0.2) is 11.5 Å². The van der Waals surface area contributed by atoms with Gasteiger partial charge in [0.2, 0.25) is 12.7 Å². The molecular formula is C13H11ClN2O4. The summed E-state index contributed by atoms with van der Waals surface area (Å²) >= 11 is 0. The number of halogens is 1. The average molecular weight is 295 g/mol. The molecule has 1 aliphatic rings. The molecule has 1 aromatic heterocycles. The third kappa shape index (κ3) is 2.60. The highest BCUT2D eigenvalue weighted by molar-refractivity contribution is 5.95. The molecule has 3 rings (SSSR count). The van der Waals surface area contributed by atoms with Crippen LogP contribution in [-0.4, -0.2) is 17.7 Å². The third-order valence-electron chi connectivity index (χ3n) is 2.60. The van der Waals surface area contributed by atoms with E-state index in [2.05, 4.69) is 4.98 Å². The van der Waals surface area contributed by atoms with E-state index in [4.69, 9.17) is 19.9 Å². The summed E-state index contributed by atoms with van der Waals surface area (Å²) in [7, 11) is 0. The van der Waals surface area contributed by atoms with Crippen molar-refractivity contribution >= 4 is 18.3 Å². The Kier molecular flexibility index (Phi) is 3.95. The number of aromatic nitrogens is 1. The van der Waals surface area contributed by atoms with E-state index in [-0.39, 0.29) is 30.6 Å². The Morgan fingerprint density at radius 3 is 2.85 bits per heavy atom. The van der Waals surface area contributed by atoms with Crippen molar-refractivity contribution in [1.82, 2.24) is 4.98 Å². The lowest BCUT2D eigenvalue weighted by atomic mass is 10.2. The van der Waals surface area contributed by atoms with E-state index >= 15 is 0 Å². The van der Waals surface area contributed by atoms with Gasteiger partial charge < -0.3 is 19.9 Å². The van der Waals surface area contributed by atoms with Gasteiger partial charge in [-0.2, -0.15) is 0 Å². The lowest BCUT2D eigenvalue weighted by Crippen LogP contribution is -2.12. The first-order valence-corrected chi connectivity index (χ1v) is 5.56. The Bertz CT molecular complexity index is 648. The molecule has 20 heavy (non-hydrogen) atoms. The molecule has 0 aliphatic carbocycles. The van der Waals surface area contributed by atoms with Crippen LogP contribution in [0.4, 0.5) is 0 Å². The third-order valence-corrected chi connectivity index (χ3v) is 2.60. The smallest absolute Gasteiger partial charge is 0.254 e. The van der Waals surface area contributed by atoms with Gasteiger partial charge in [-0.05, 0) is 24.3 Å². The van der Waals surface area contributed by atoms with Gasteiger partial charge in [0.1, 0.15) is 11.3 Å². The van der Waals surface area contributed by atoms with Crippen LogP contribution in [0.25, 0.3) is 0 Å². The Morgan fingerprint density at radius 1 is 1.25 bits per heavy atom. The van der Waals surface area contributed by atoms with Crippen molar-refractivity contribution in [3.05, 3.63) is 42.1 Å². The molecule has 0 saturated carbocycles. The molecule has 1 aliphatic heterocycles. The zero-order chi connectivity index (χ0) is 13.2. The van der Waals surface area contributed by atoms with Gasteiger partial charge in [0.05, 0.1) is 0 Å². The molecule has 6 nitrogen and oxygen atoms in total. The van der Waals surface area contributed by atoms with E-state index in [0.29, 0.717) is 17.2 Å². The number of fused-ring (bicyclic) bond motifs is 1. The zero-order valence-electron chi connectivity index (χ0n) is 10.2. The maximum atomic E-state index is 11.3. The highest BCUT2D eigenvalue weighted by atomic mass is 35.5. The van der Waals surface area contributed by atoms with Crippen LogP contribution < -0.4 is 19.9 Å². The number of nitrogens with two attached hydrogens (primary N) is 1. The summed E-state index contributed by atoms with van der Waals surface area (Å²) in [4.78, 5) is 15.3. The van der Waals surface area contributed by atoms with Crippen molar-refractivity contribution in [2.75, 3.05) is 6.79 Å². The van der Waals surface area contributed by atoms with E-state index in [1.54, 1.807) is 30.3 Å². The molecule has 2 heterocycles. The van der Waals surface area contributed by atoms with Crippen molar-refractivity contribution in [2.45, 2.75) is 0 Å². The molecule has 7 heteroatoms. The standard InChI is InChI=1S/C13H10N2O4.ClH/c14-12(16)9-2-1-5-15-13(9)19-8-3-4-10-11(6-8)18-7-17-10;/h1-6H,7H2,(H2,14,16);1H. The van der Waals surface area contributed by atoms with E-state index < -0.39 is 5.91 Å². The minimum absolute atomic E-state index is 0. The number of carbonyl (C=O) groups excluding carboxylic acids is 1. The zero-order valence-corrected chi connectivity index (χ0v) is 11.1. The van der Waals surface area contributed by atoms with Crippen molar-refractivity contribution in [2.24, 2.45) is 5.73 Å². The molecule has 2 N–H and O–H groups in total. The van der Waals surface area contributed by atoms with Crippen molar-refractivity contribution < 1.29 is 19.0 Å². The summed E-state index contributed by atoms with van der Waals surface area (Å²) in [5.41, 5.74) is 5.48. The van der Waals surface area contributed by atoms with Crippen LogP contribution in [0.2, 0.25) is 0 Å². The molecule has 0 atom stereocenters. The average Bonchev–Trinajstić information content (AvgIpc) is 2.86. The number of pyridine rings is 1. The number of amides is 1. The lowest BCUT2D eigenvalue weighted by molar-refractivity contribution is 0.0997. The van der Waals surface area contributed by atoms with E-state index in [0.717, 1.165) is 0 Å². The number of ether oxygens (including phenoxy) is 3. The molecule has 2 aromatic rings. The first kappa shape index (κ1) is 14.0. The molecule has 0 fully saturated rings. The Morgan fingerprint density at radius 2 is 2.05 bits per heavy atom. The molecule has 1 aromatic carbocycles. The van der Waals surface area contributed by atoms with Gasteiger partial charge in [-0.1, -0.05) is 0 Å². The van der Waals surface area contributed by atoms with Crippen molar-refractivity contribution in [3.8, 4) is 23.1 Å². The SMILES string of the molecule is Cl.NC(=O)c1cccnc1Oc1ccc2c(c1)OCO2. The van der Waals surface area contributed by atoms with E-state index in [9.17, 15) is 4.79 Å². The van der Waals surface area contributed by atoms with Crippen LogP contribution in [0.1, 0.15) is 10.4 Å². The Balaban J connectivity index is 0.00000147. The fourth-order valence-corrected chi connectivity index (χ4v) is 1.71. The predicted molar refractivity (Wildman–Crippen MR) is 72.6 cm³/mol. The summed E-state index contributed by atoms with van der Waals surface area (Å²) in [6.45, 7) is 0.189. The molecule has 0 saturated heterocycles. The summed E-state index contributed by atoms with van der Waals surface area (Å²) in [5, 5.41) is 0. The van der Waals surface area contributed by atoms with Crippen molar-refractivity contribution in [3.63, 3.8) is 0 Å². The fourth-order valence-electron chi connectivity index (χ4n) is 1.71. The van der Waals surface area contributed by atoms with Crippen LogP contribution >= 0.6 is 12.4 Å². The maximum Gasteiger partial charge on any atom is 0.254 e. The first-order chi connectivity index (χ1) is 9.24. The Hall–Kier alpha value is -2.47. The van der Waals surface area contributed by atoms with Crippen LogP contribution in [0.15, 0.2) is 36.5 Å². The normalized spacial score (nSPS) is 11.6. The minimum atomic E-state index is -0.594. The molecular weight excluding hydrogens is 284 g/mol. The highest BCUT2D eigenvalue weighted by Crippen LogP contribution is 2.36. The molecule has 104 valence electrons. The topological polar surface area (TPSA) is 83.7 Å². The van der Waals surface area contributed by atoms with Gasteiger partial charge in [-0.15, -0.1) is 12.4 Å². The second kappa shape index (κ2) is 5.66. The van der Waals surface area contributed by atoms with Crippen LogP contribution in [0.3, 0.4) is 0 Å². The van der Waals surface area contributed by atoms with Crippen LogP contribution in [0, 0.1) is 0 Å². The Labute approximate surface area is 120 Å². The number of rotatable bonds is 3. The molecule has 0 spiro atoms. The lowest BCUT2D eigenvalue weighted by Gasteiger charge is -2.08. The number of primary amides is 1. The minimum Gasteiger partial charge on any atom is -0.454 e. The first-order valence-electron chi connectivity index (χ1n) is 5.56. The summed E-state index contributed by atoms with van der Waals surface area (Å²) in [6.07, 6.45) is 1.52. The second-order valence-corrected chi connectivity index (χ2v) is 3.84. The summed E-state index contributed by atoms with van der Waals surface area (Å²) in [6, 6.07) is 8.27. The van der Waals surface area contributed by atoms with Gasteiger partial charge in [-0.25, -0.2) is 4.98 Å². The van der Waals surface area contributed by atoms with Crippen LogP contribution in [0.5, 0.6) is 23.1 Å². The summed E-state index contributed by atoms with van der Waals surface area (Å²) < 4.78 is 16.0. The molecule has 0 bridgehead atoms. The number of nitrogens with zero attached hydrogens (tertiary/aromatic N) is 1. The van der Waals surface area contributed by atoms with Gasteiger partial charge >= 0.3 is 0 Å². The largest absolute Gasteiger partial charge is 0.454 e. The van der Waals surface area contributed by atoms with Gasteiger partial charge in [0.25, 0.3) is 5.91 Å². The summed E-state index contributed by atoms with van der Waals surface area (Å²) in [5.74, 6) is 1.31. The number of benzene rings is 1. The number of carbonyl (C=O) groups is 1. The second-order valence-electron chi connectivity index (χ2n) is 3.84. The monoisotopic (exact) mass is 294 g/mol. The van der Waals surface area contributed by atoms with Gasteiger partial charge in [0, 0.05) is 12.3 Å². The fraction of sp³-hybridized carbons (Fsp3) is 0.0769. The van der Waals surface area contributed by atoms with Gasteiger partial charge in [-0.3, -0.25) is 4.79 Å². The number of hydrogen-bond donors (Lipinski definition) is 1. The maximum absolute atomic E-state index is 11.3. The quantitative estimate of drug-likeness (QED) is 0.937. The molecule has 0 unspecified atom stereocenters. The number of hydrogen-bond acceptors (Lipinski definition) is 5. The van der Waals surface area contributed by atoms with Crippen molar-refractivity contribution in [1.29, 1.82) is 0 Å². The molecule has 0 radical (unpaired) electrons. The van der Waals surface area contributed by atoms with Crippen LogP contribution in [-0.2, 0) is 0 Å². The predicted octanol–water partition coefficient (Wildman–Crippen LogP) is 2.12. The highest BCUT2D eigenvalue weighted by Gasteiger charge is 2.16. The molecule has 1 amide bonds. The van der Waals surface area contributed by atoms with E-state index in [1.165, 1.54) is 6.20 Å².